The maximum Gasteiger partial charge on any atom is 0.275 e. The molecule has 0 bridgehead atoms. The average Bonchev–Trinajstić information content (AvgIpc) is 3.07. The zero-order chi connectivity index (χ0) is 19.4. The highest BCUT2D eigenvalue weighted by molar-refractivity contribution is 6.05. The fraction of sp³-hybridized carbons (Fsp3) is 0.200. The van der Waals surface area contributed by atoms with Crippen LogP contribution in [0.1, 0.15) is 52.1 Å². The Balaban J connectivity index is 1.70. The van der Waals surface area contributed by atoms with Gasteiger partial charge in [-0.2, -0.15) is 0 Å². The molecule has 2 N–H and O–H groups in total. The largest absolute Gasteiger partial charge is 0.360 e. The molecular formula is C20H20N4O3. The quantitative estimate of drug-likeness (QED) is 0.713. The number of nitrogens with zero attached hydrogens (tertiary/aromatic N) is 2. The Bertz CT molecular complexity index is 961. The molecule has 0 radical (unpaired) electrons. The summed E-state index contributed by atoms with van der Waals surface area (Å²) >= 11 is 0. The number of nitrogens with one attached hydrogen (secondary N) is 2. The maximum atomic E-state index is 12.4. The van der Waals surface area contributed by atoms with Crippen LogP contribution < -0.4 is 10.6 Å². The molecular weight excluding hydrogens is 344 g/mol. The molecule has 0 aliphatic heterocycles. The highest BCUT2D eigenvalue weighted by Crippen LogP contribution is 2.17. The standard InChI is InChI=1S/C20H20N4O3/c1-12(2)14-7-9-15(10-8-14)21-19(25)16-5-4-6-17(22-16)20(26)23-18-11-13(3)27-24-18/h4-12H,1-3H3,(H,21,25)(H,23,24,26). The van der Waals surface area contributed by atoms with Gasteiger partial charge in [-0.1, -0.05) is 37.2 Å². The topological polar surface area (TPSA) is 97.1 Å². The van der Waals surface area contributed by atoms with Gasteiger partial charge in [-0.15, -0.1) is 0 Å². The summed E-state index contributed by atoms with van der Waals surface area (Å²) in [6.07, 6.45) is 0. The molecule has 0 saturated carbocycles. The van der Waals surface area contributed by atoms with Gasteiger partial charge in [0.25, 0.3) is 11.8 Å². The predicted octanol–water partition coefficient (Wildman–Crippen LogP) is 4.01. The average molecular weight is 364 g/mol. The molecule has 1 aromatic carbocycles. The summed E-state index contributed by atoms with van der Waals surface area (Å²) in [7, 11) is 0. The van der Waals surface area contributed by atoms with Crippen molar-refractivity contribution < 1.29 is 14.1 Å². The monoisotopic (exact) mass is 364 g/mol. The first-order chi connectivity index (χ1) is 12.9. The molecule has 27 heavy (non-hydrogen) atoms. The Morgan fingerprint density at radius 1 is 0.963 bits per heavy atom. The molecule has 7 nitrogen and oxygen atoms in total. The molecule has 2 heterocycles. The summed E-state index contributed by atoms with van der Waals surface area (Å²) in [5, 5.41) is 9.06. The van der Waals surface area contributed by atoms with E-state index in [2.05, 4.69) is 34.6 Å². The van der Waals surface area contributed by atoms with Gasteiger partial charge in [0.05, 0.1) is 0 Å². The van der Waals surface area contributed by atoms with Crippen LogP contribution in [-0.4, -0.2) is 22.0 Å². The molecule has 3 aromatic rings. The number of hydrogen-bond donors (Lipinski definition) is 2. The number of anilines is 2. The summed E-state index contributed by atoms with van der Waals surface area (Å²) in [5.74, 6) is 0.424. The summed E-state index contributed by atoms with van der Waals surface area (Å²) < 4.78 is 4.90. The van der Waals surface area contributed by atoms with Gasteiger partial charge in [-0.25, -0.2) is 4.98 Å². The van der Waals surface area contributed by atoms with Crippen molar-refractivity contribution in [2.45, 2.75) is 26.7 Å². The third-order valence-electron chi connectivity index (χ3n) is 3.92. The molecule has 7 heteroatoms. The van der Waals surface area contributed by atoms with Gasteiger partial charge in [-0.3, -0.25) is 9.59 Å². The zero-order valence-corrected chi connectivity index (χ0v) is 15.3. The van der Waals surface area contributed by atoms with E-state index < -0.39 is 5.91 Å². The first kappa shape index (κ1) is 18.3. The fourth-order valence-corrected chi connectivity index (χ4v) is 2.44. The smallest absolute Gasteiger partial charge is 0.275 e. The number of pyridine rings is 1. The van der Waals surface area contributed by atoms with Crippen LogP contribution in [-0.2, 0) is 0 Å². The highest BCUT2D eigenvalue weighted by atomic mass is 16.5. The van der Waals surface area contributed by atoms with Crippen molar-refractivity contribution in [1.82, 2.24) is 10.1 Å². The van der Waals surface area contributed by atoms with Gasteiger partial charge in [0.1, 0.15) is 17.1 Å². The first-order valence-electron chi connectivity index (χ1n) is 8.55. The molecule has 2 aromatic heterocycles. The van der Waals surface area contributed by atoms with Crippen LogP contribution in [0, 0.1) is 6.92 Å². The van der Waals surface area contributed by atoms with Gasteiger partial charge < -0.3 is 15.2 Å². The predicted molar refractivity (Wildman–Crippen MR) is 102 cm³/mol. The Morgan fingerprint density at radius 3 is 2.15 bits per heavy atom. The summed E-state index contributed by atoms with van der Waals surface area (Å²) in [4.78, 5) is 28.8. The highest BCUT2D eigenvalue weighted by Gasteiger charge is 2.14. The van der Waals surface area contributed by atoms with E-state index in [9.17, 15) is 9.59 Å². The molecule has 0 spiro atoms. The molecule has 0 atom stereocenters. The molecule has 0 saturated heterocycles. The summed E-state index contributed by atoms with van der Waals surface area (Å²) in [6, 6.07) is 13.9. The van der Waals surface area contributed by atoms with Crippen molar-refractivity contribution in [3.8, 4) is 0 Å². The van der Waals surface area contributed by atoms with Crippen LogP contribution in [0.2, 0.25) is 0 Å². The van der Waals surface area contributed by atoms with Crippen molar-refractivity contribution in [2.75, 3.05) is 10.6 Å². The zero-order valence-electron chi connectivity index (χ0n) is 15.3. The molecule has 138 valence electrons. The van der Waals surface area contributed by atoms with E-state index in [1.54, 1.807) is 25.1 Å². The summed E-state index contributed by atoms with van der Waals surface area (Å²) in [5.41, 5.74) is 2.11. The molecule has 0 aliphatic carbocycles. The summed E-state index contributed by atoms with van der Waals surface area (Å²) in [6.45, 7) is 5.93. The van der Waals surface area contributed by atoms with E-state index in [4.69, 9.17) is 4.52 Å². The van der Waals surface area contributed by atoms with Crippen LogP contribution in [0.15, 0.2) is 53.1 Å². The lowest BCUT2D eigenvalue weighted by Crippen LogP contribution is -2.18. The van der Waals surface area contributed by atoms with E-state index in [0.717, 1.165) is 0 Å². The number of carbonyl (C=O) groups excluding carboxylic acids is 2. The first-order valence-corrected chi connectivity index (χ1v) is 8.55. The Labute approximate surface area is 156 Å². The second kappa shape index (κ2) is 7.82. The van der Waals surface area contributed by atoms with E-state index in [1.807, 2.05) is 24.3 Å². The van der Waals surface area contributed by atoms with Crippen LogP contribution >= 0.6 is 0 Å². The Morgan fingerprint density at radius 2 is 1.59 bits per heavy atom. The molecule has 2 amide bonds. The minimum absolute atomic E-state index is 0.110. The Hall–Kier alpha value is -3.48. The van der Waals surface area contributed by atoms with Crippen molar-refractivity contribution in [3.63, 3.8) is 0 Å². The number of rotatable bonds is 5. The third-order valence-corrected chi connectivity index (χ3v) is 3.92. The molecule has 0 aliphatic rings. The fourth-order valence-electron chi connectivity index (χ4n) is 2.44. The number of hydrogen-bond acceptors (Lipinski definition) is 5. The number of amides is 2. The number of carbonyl (C=O) groups is 2. The van der Waals surface area contributed by atoms with E-state index in [1.165, 1.54) is 11.6 Å². The SMILES string of the molecule is Cc1cc(NC(=O)c2cccc(C(=O)Nc3ccc(C(C)C)cc3)n2)no1. The third kappa shape index (κ3) is 4.58. The van der Waals surface area contributed by atoms with Crippen molar-refractivity contribution in [1.29, 1.82) is 0 Å². The van der Waals surface area contributed by atoms with Gasteiger partial charge >= 0.3 is 0 Å². The second-order valence-electron chi connectivity index (χ2n) is 6.42. The Kier molecular flexibility index (Phi) is 5.30. The minimum atomic E-state index is -0.473. The van der Waals surface area contributed by atoms with E-state index >= 15 is 0 Å². The molecule has 0 unspecified atom stereocenters. The molecule has 0 fully saturated rings. The number of benzene rings is 1. The number of aromatic nitrogens is 2. The lowest BCUT2D eigenvalue weighted by Gasteiger charge is -2.09. The number of aryl methyl sites for hydroxylation is 1. The van der Waals surface area contributed by atoms with Gasteiger partial charge in [0.2, 0.25) is 0 Å². The molecule has 3 rings (SSSR count). The maximum absolute atomic E-state index is 12.4. The van der Waals surface area contributed by atoms with Gasteiger partial charge in [0, 0.05) is 11.8 Å². The van der Waals surface area contributed by atoms with Crippen LogP contribution in [0.5, 0.6) is 0 Å². The minimum Gasteiger partial charge on any atom is -0.360 e. The van der Waals surface area contributed by atoms with Crippen LogP contribution in [0.4, 0.5) is 11.5 Å². The van der Waals surface area contributed by atoms with E-state index in [-0.39, 0.29) is 17.3 Å². The van der Waals surface area contributed by atoms with Crippen LogP contribution in [0.3, 0.4) is 0 Å². The van der Waals surface area contributed by atoms with E-state index in [0.29, 0.717) is 23.2 Å². The van der Waals surface area contributed by atoms with Crippen molar-refractivity contribution in [3.05, 3.63) is 71.2 Å². The lowest BCUT2D eigenvalue weighted by atomic mass is 10.0. The van der Waals surface area contributed by atoms with Gasteiger partial charge in [0.15, 0.2) is 5.82 Å². The van der Waals surface area contributed by atoms with Gasteiger partial charge in [-0.05, 0) is 42.7 Å². The second-order valence-corrected chi connectivity index (χ2v) is 6.42. The van der Waals surface area contributed by atoms with Crippen LogP contribution in [0.25, 0.3) is 0 Å². The lowest BCUT2D eigenvalue weighted by molar-refractivity contribution is 0.101. The van der Waals surface area contributed by atoms with Crippen molar-refractivity contribution >= 4 is 23.3 Å². The normalized spacial score (nSPS) is 10.7. The van der Waals surface area contributed by atoms with Crippen molar-refractivity contribution in [2.24, 2.45) is 0 Å².